The second-order valence-corrected chi connectivity index (χ2v) is 9.48. The Balaban J connectivity index is 1.42. The van der Waals surface area contributed by atoms with Crippen molar-refractivity contribution in [2.24, 2.45) is 12.2 Å². The van der Waals surface area contributed by atoms with E-state index in [0.29, 0.717) is 29.2 Å². The van der Waals surface area contributed by atoms with E-state index in [2.05, 4.69) is 31.0 Å². The van der Waals surface area contributed by atoms with E-state index in [1.807, 2.05) is 0 Å². The number of halogens is 1. The summed E-state index contributed by atoms with van der Waals surface area (Å²) in [7, 11) is -2.16. The van der Waals surface area contributed by atoms with Gasteiger partial charge in [0, 0.05) is 36.8 Å². The van der Waals surface area contributed by atoms with Crippen LogP contribution < -0.4 is 21.1 Å². The minimum absolute atomic E-state index is 0.0389. The molecule has 1 aromatic carbocycles. The summed E-state index contributed by atoms with van der Waals surface area (Å²) in [4.78, 5) is 20.2. The molecule has 1 aliphatic rings. The molecule has 0 atom stereocenters. The molecule has 0 bridgehead atoms. The molecular weight excluding hydrogens is 487 g/mol. The summed E-state index contributed by atoms with van der Waals surface area (Å²) in [6.07, 6.45) is 9.82. The van der Waals surface area contributed by atoms with Gasteiger partial charge in [-0.15, -0.1) is 0 Å². The third-order valence-corrected chi connectivity index (χ3v) is 6.13. The highest BCUT2D eigenvalue weighted by atomic mass is 32.2. The number of aromatic nitrogens is 4. The van der Waals surface area contributed by atoms with Gasteiger partial charge in [-0.3, -0.25) is 9.48 Å². The summed E-state index contributed by atoms with van der Waals surface area (Å²) in [5, 5.41) is 17.8. The van der Waals surface area contributed by atoms with Crippen molar-refractivity contribution in [2.45, 2.75) is 18.2 Å². The number of anilines is 4. The average Bonchev–Trinajstić information content (AvgIpc) is 3.22. The molecule has 2 heterocycles. The van der Waals surface area contributed by atoms with Gasteiger partial charge in [0.25, 0.3) is 0 Å². The summed E-state index contributed by atoms with van der Waals surface area (Å²) < 4.78 is 39.5. The molecule has 1 amide bonds. The molecule has 11 nitrogen and oxygen atoms in total. The monoisotopic (exact) mass is 510 g/mol. The number of hydrogen-bond acceptors (Lipinski definition) is 8. The summed E-state index contributed by atoms with van der Waals surface area (Å²) in [5.41, 5.74) is 2.19. The number of rotatable bonds is 7. The fourth-order valence-corrected chi connectivity index (χ4v) is 4.15. The van der Waals surface area contributed by atoms with Crippen LogP contribution in [0.25, 0.3) is 0 Å². The standard InChI is InChI=1S/C23H23FN8O3S/c1-14-3-6-17(12-19(14)36(25,34)35)28-23-26-13-18(24)22(30-23)27-16-7-4-15(5-8-16)11-21(33)29-20-9-10-32(2)31-20/h3-4,6-13H,5H2,1-2H3,(H2,25,34,35)(H,29,31,33)(H2,26,27,28,30). The molecule has 0 saturated carbocycles. The highest BCUT2D eigenvalue weighted by molar-refractivity contribution is 7.89. The van der Waals surface area contributed by atoms with E-state index in [1.54, 1.807) is 61.3 Å². The van der Waals surface area contributed by atoms with Crippen LogP contribution in [0.5, 0.6) is 0 Å². The van der Waals surface area contributed by atoms with Gasteiger partial charge in [0.1, 0.15) is 0 Å². The van der Waals surface area contributed by atoms with Crippen molar-refractivity contribution in [1.82, 2.24) is 19.7 Å². The zero-order valence-corrected chi connectivity index (χ0v) is 20.2. The first-order chi connectivity index (χ1) is 17.1. The van der Waals surface area contributed by atoms with Crippen molar-refractivity contribution in [3.63, 3.8) is 0 Å². The SMILES string of the molecule is Cc1ccc(Nc2ncc(F)c(NC3=CCC(=CC(=O)Nc4ccn(C)n4)C=C3)n2)cc1S(N)(=O)=O. The fourth-order valence-electron chi connectivity index (χ4n) is 3.34. The second-order valence-electron chi connectivity index (χ2n) is 7.95. The topological polar surface area (TPSA) is 157 Å². The number of amides is 1. The fraction of sp³-hybridized carbons (Fsp3) is 0.130. The van der Waals surface area contributed by atoms with Gasteiger partial charge in [0.05, 0.1) is 11.1 Å². The molecule has 4 rings (SSSR count). The highest BCUT2D eigenvalue weighted by Gasteiger charge is 2.14. The van der Waals surface area contributed by atoms with Crippen molar-refractivity contribution in [3.8, 4) is 0 Å². The van der Waals surface area contributed by atoms with Gasteiger partial charge in [0.2, 0.25) is 21.9 Å². The van der Waals surface area contributed by atoms with Crippen LogP contribution in [0.15, 0.2) is 77.1 Å². The van der Waals surface area contributed by atoms with Gasteiger partial charge in [-0.2, -0.15) is 10.1 Å². The molecule has 0 radical (unpaired) electrons. The van der Waals surface area contributed by atoms with Crippen molar-refractivity contribution < 1.29 is 17.6 Å². The Hall–Kier alpha value is -4.36. The summed E-state index contributed by atoms with van der Waals surface area (Å²) in [6.45, 7) is 1.62. The Morgan fingerprint density at radius 3 is 2.69 bits per heavy atom. The minimum Gasteiger partial charge on any atom is -0.338 e. The van der Waals surface area contributed by atoms with E-state index in [0.717, 1.165) is 11.8 Å². The van der Waals surface area contributed by atoms with Crippen LogP contribution in [0.1, 0.15) is 12.0 Å². The Labute approximate surface area is 206 Å². The molecule has 0 aliphatic heterocycles. The minimum atomic E-state index is -3.91. The first-order valence-corrected chi connectivity index (χ1v) is 12.2. The maximum absolute atomic E-state index is 14.4. The van der Waals surface area contributed by atoms with Gasteiger partial charge in [-0.1, -0.05) is 18.2 Å². The number of carbonyl (C=O) groups is 1. The first-order valence-electron chi connectivity index (χ1n) is 10.7. The van der Waals surface area contributed by atoms with Crippen LogP contribution in [0.2, 0.25) is 0 Å². The van der Waals surface area contributed by atoms with Crippen molar-refractivity contribution in [2.75, 3.05) is 16.0 Å². The number of nitrogens with one attached hydrogen (secondary N) is 3. The summed E-state index contributed by atoms with van der Waals surface area (Å²) in [6, 6.07) is 6.26. The molecule has 0 saturated heterocycles. The van der Waals surface area contributed by atoms with Crippen LogP contribution in [-0.4, -0.2) is 34.1 Å². The van der Waals surface area contributed by atoms with Gasteiger partial charge >= 0.3 is 0 Å². The zero-order chi connectivity index (χ0) is 25.9. The number of hydrogen-bond donors (Lipinski definition) is 4. The van der Waals surface area contributed by atoms with E-state index in [9.17, 15) is 17.6 Å². The molecule has 186 valence electrons. The zero-order valence-electron chi connectivity index (χ0n) is 19.4. The smallest absolute Gasteiger partial charge is 0.249 e. The first kappa shape index (κ1) is 24.8. The average molecular weight is 511 g/mol. The van der Waals surface area contributed by atoms with Gasteiger partial charge in [-0.25, -0.2) is 22.9 Å². The Kier molecular flexibility index (Phi) is 6.94. The lowest BCUT2D eigenvalue weighted by molar-refractivity contribution is -0.112. The quantitative estimate of drug-likeness (QED) is 0.354. The predicted octanol–water partition coefficient (Wildman–Crippen LogP) is 2.87. The molecule has 0 unspecified atom stereocenters. The number of allylic oxidation sites excluding steroid dienone is 4. The largest absolute Gasteiger partial charge is 0.338 e. The van der Waals surface area contributed by atoms with Crippen molar-refractivity contribution in [1.29, 1.82) is 0 Å². The molecule has 3 aromatic rings. The molecule has 0 fully saturated rings. The van der Waals surface area contributed by atoms with E-state index < -0.39 is 15.8 Å². The van der Waals surface area contributed by atoms with Crippen molar-refractivity contribution in [3.05, 3.63) is 83.6 Å². The van der Waals surface area contributed by atoms with E-state index in [1.165, 1.54) is 12.1 Å². The van der Waals surface area contributed by atoms with Crippen molar-refractivity contribution >= 4 is 39.2 Å². The van der Waals surface area contributed by atoms with Gasteiger partial charge < -0.3 is 16.0 Å². The number of aryl methyl sites for hydroxylation is 2. The van der Waals surface area contributed by atoms with Crippen LogP contribution >= 0.6 is 0 Å². The molecule has 36 heavy (non-hydrogen) atoms. The Bertz CT molecular complexity index is 1530. The number of primary sulfonamides is 1. The lowest BCUT2D eigenvalue weighted by Crippen LogP contribution is -2.14. The molecule has 0 spiro atoms. The molecule has 1 aliphatic carbocycles. The molecule has 5 N–H and O–H groups in total. The number of carbonyl (C=O) groups excluding carboxylic acids is 1. The van der Waals surface area contributed by atoms with Crippen LogP contribution in [0, 0.1) is 12.7 Å². The van der Waals surface area contributed by atoms with Crippen LogP contribution in [-0.2, 0) is 21.9 Å². The third-order valence-electron chi connectivity index (χ3n) is 5.07. The maximum atomic E-state index is 14.4. The lowest BCUT2D eigenvalue weighted by Gasteiger charge is -2.13. The molecular formula is C23H23FN8O3S. The predicted molar refractivity (Wildman–Crippen MR) is 133 cm³/mol. The Morgan fingerprint density at radius 2 is 2.03 bits per heavy atom. The molecule has 2 aromatic heterocycles. The second kappa shape index (κ2) is 10.1. The van der Waals surface area contributed by atoms with E-state index in [4.69, 9.17) is 5.14 Å². The highest BCUT2D eigenvalue weighted by Crippen LogP contribution is 2.23. The Morgan fingerprint density at radius 1 is 1.22 bits per heavy atom. The number of nitrogens with two attached hydrogens (primary N) is 1. The lowest BCUT2D eigenvalue weighted by atomic mass is 10.1. The maximum Gasteiger partial charge on any atom is 0.249 e. The number of nitrogens with zero attached hydrogens (tertiary/aromatic N) is 4. The summed E-state index contributed by atoms with van der Waals surface area (Å²) >= 11 is 0. The number of benzene rings is 1. The third kappa shape index (κ3) is 6.20. The normalized spacial score (nSPS) is 14.4. The molecule has 13 heteroatoms. The van der Waals surface area contributed by atoms with E-state index >= 15 is 0 Å². The van der Waals surface area contributed by atoms with Gasteiger partial charge in [0.15, 0.2) is 17.5 Å². The van der Waals surface area contributed by atoms with Crippen LogP contribution in [0.4, 0.5) is 27.7 Å². The van der Waals surface area contributed by atoms with Crippen LogP contribution in [0.3, 0.4) is 0 Å². The van der Waals surface area contributed by atoms with E-state index in [-0.39, 0.29) is 22.6 Å². The number of sulfonamides is 1. The van der Waals surface area contributed by atoms with Gasteiger partial charge in [-0.05, 0) is 42.7 Å². The summed E-state index contributed by atoms with van der Waals surface area (Å²) in [5.74, 6) is -0.567.